The highest BCUT2D eigenvalue weighted by Crippen LogP contribution is 2.24. The zero-order valence-corrected chi connectivity index (χ0v) is 20.2. The summed E-state index contributed by atoms with van der Waals surface area (Å²) in [5, 5.41) is 8.20. The van der Waals surface area contributed by atoms with Gasteiger partial charge in [0.2, 0.25) is 0 Å². The zero-order chi connectivity index (χ0) is 24.8. The van der Waals surface area contributed by atoms with Crippen molar-refractivity contribution in [3.05, 3.63) is 70.4 Å². The number of halogens is 1. The fourth-order valence-electron chi connectivity index (χ4n) is 3.64. The number of rotatable bonds is 8. The van der Waals surface area contributed by atoms with E-state index in [1.807, 2.05) is 49.6 Å². The van der Waals surface area contributed by atoms with E-state index in [-0.39, 0.29) is 18.4 Å². The molecule has 0 aliphatic rings. The maximum absolute atomic E-state index is 12.8. The minimum absolute atomic E-state index is 0.0635. The number of esters is 1. The van der Waals surface area contributed by atoms with Gasteiger partial charge in [-0.3, -0.25) is 14.4 Å². The first kappa shape index (κ1) is 25.0. The molecule has 8 nitrogen and oxygen atoms in total. The molecule has 1 aromatic heterocycles. The van der Waals surface area contributed by atoms with Crippen LogP contribution in [0.3, 0.4) is 0 Å². The summed E-state index contributed by atoms with van der Waals surface area (Å²) in [5.74, 6) is -1.39. The van der Waals surface area contributed by atoms with E-state index >= 15 is 0 Å². The average Bonchev–Trinajstić information content (AvgIpc) is 3.07. The molecule has 2 aromatic carbocycles. The van der Waals surface area contributed by atoms with Crippen LogP contribution in [-0.2, 0) is 20.9 Å². The van der Waals surface area contributed by atoms with Crippen molar-refractivity contribution in [2.24, 2.45) is 11.0 Å². The highest BCUT2D eigenvalue weighted by molar-refractivity contribution is 6.31. The topological polar surface area (TPSA) is 102 Å². The number of hydrazone groups is 1. The quantitative estimate of drug-likeness (QED) is 0.290. The van der Waals surface area contributed by atoms with Crippen LogP contribution < -0.4 is 10.7 Å². The number of hydrogen-bond acceptors (Lipinski definition) is 5. The van der Waals surface area contributed by atoms with Crippen LogP contribution in [0.25, 0.3) is 10.9 Å². The van der Waals surface area contributed by atoms with Crippen LogP contribution in [0.2, 0.25) is 5.02 Å². The van der Waals surface area contributed by atoms with Gasteiger partial charge in [0.25, 0.3) is 11.8 Å². The maximum Gasteiger partial charge on any atom is 0.325 e. The largest absolute Gasteiger partial charge is 0.468 e. The average molecular weight is 483 g/mol. The first-order valence-electron chi connectivity index (χ1n) is 10.8. The van der Waals surface area contributed by atoms with E-state index in [9.17, 15) is 14.4 Å². The zero-order valence-electron chi connectivity index (χ0n) is 19.5. The highest BCUT2D eigenvalue weighted by Gasteiger charge is 2.24. The second-order valence-electron chi connectivity index (χ2n) is 8.12. The van der Waals surface area contributed by atoms with Crippen molar-refractivity contribution in [3.8, 4) is 0 Å². The summed E-state index contributed by atoms with van der Waals surface area (Å²) in [6.07, 6.45) is 1.54. The van der Waals surface area contributed by atoms with Gasteiger partial charge in [0, 0.05) is 32.7 Å². The van der Waals surface area contributed by atoms with E-state index in [0.29, 0.717) is 10.6 Å². The highest BCUT2D eigenvalue weighted by atomic mass is 35.5. The Morgan fingerprint density at radius 3 is 2.56 bits per heavy atom. The third kappa shape index (κ3) is 5.63. The molecule has 2 N–H and O–H groups in total. The molecule has 1 atom stereocenters. The normalized spacial score (nSPS) is 12.2. The number of carbonyl (C=O) groups is 3. The van der Waals surface area contributed by atoms with Gasteiger partial charge >= 0.3 is 5.97 Å². The fraction of sp³-hybridized carbons (Fsp3) is 0.280. The molecule has 1 unspecified atom stereocenters. The monoisotopic (exact) mass is 482 g/mol. The molecule has 0 saturated carbocycles. The predicted molar refractivity (Wildman–Crippen MR) is 132 cm³/mol. The van der Waals surface area contributed by atoms with Crippen LogP contribution in [0.1, 0.15) is 35.5 Å². The number of hydrogen-bond donors (Lipinski definition) is 2. The Hall–Kier alpha value is -3.65. The Kier molecular flexibility index (Phi) is 8.07. The molecule has 3 aromatic rings. The van der Waals surface area contributed by atoms with Crippen molar-refractivity contribution in [1.82, 2.24) is 15.3 Å². The molecule has 0 fully saturated rings. The number of benzene rings is 2. The summed E-state index contributed by atoms with van der Waals surface area (Å²) in [6, 6.07) is 13.3. The van der Waals surface area contributed by atoms with E-state index in [0.717, 1.165) is 22.2 Å². The molecule has 0 bridgehead atoms. The molecule has 3 rings (SSSR count). The molecule has 0 radical (unpaired) electrons. The van der Waals surface area contributed by atoms with Crippen LogP contribution >= 0.6 is 11.6 Å². The van der Waals surface area contributed by atoms with Gasteiger partial charge in [-0.25, -0.2) is 5.43 Å². The molecule has 178 valence electrons. The number of fused-ring (bicyclic) bond motifs is 1. The molecule has 1 heterocycles. The van der Waals surface area contributed by atoms with Crippen LogP contribution in [0.15, 0.2) is 53.6 Å². The Labute approximate surface area is 202 Å². The van der Waals surface area contributed by atoms with Gasteiger partial charge in [0.05, 0.1) is 13.3 Å². The van der Waals surface area contributed by atoms with Gasteiger partial charge < -0.3 is 14.6 Å². The van der Waals surface area contributed by atoms with Gasteiger partial charge in [-0.05, 0) is 37.1 Å². The van der Waals surface area contributed by atoms with Gasteiger partial charge in [0.1, 0.15) is 12.6 Å². The summed E-state index contributed by atoms with van der Waals surface area (Å²) in [6.45, 7) is 5.59. The lowest BCUT2D eigenvalue weighted by Crippen LogP contribution is -2.48. The lowest BCUT2D eigenvalue weighted by atomic mass is 10.0. The van der Waals surface area contributed by atoms with Crippen LogP contribution in [-0.4, -0.2) is 41.7 Å². The predicted octanol–water partition coefficient (Wildman–Crippen LogP) is 3.68. The minimum atomic E-state index is -0.801. The lowest BCUT2D eigenvalue weighted by molar-refractivity contribution is -0.141. The smallest absolute Gasteiger partial charge is 0.325 e. The summed E-state index contributed by atoms with van der Waals surface area (Å²) >= 11 is 5.96. The van der Waals surface area contributed by atoms with Crippen molar-refractivity contribution >= 4 is 46.5 Å². The Bertz CT molecular complexity index is 1250. The van der Waals surface area contributed by atoms with Gasteiger partial charge in [0.15, 0.2) is 0 Å². The molecule has 0 spiro atoms. The molecule has 0 aliphatic carbocycles. The van der Waals surface area contributed by atoms with Crippen LogP contribution in [0.5, 0.6) is 0 Å². The number of para-hydroxylation sites is 1. The number of nitrogens with zero attached hydrogens (tertiary/aromatic N) is 2. The molecule has 2 amide bonds. The second kappa shape index (κ2) is 11.0. The maximum atomic E-state index is 12.8. The second-order valence-corrected chi connectivity index (χ2v) is 8.55. The van der Waals surface area contributed by atoms with Crippen molar-refractivity contribution in [2.45, 2.75) is 33.4 Å². The first-order valence-corrected chi connectivity index (χ1v) is 11.1. The molecular weight excluding hydrogens is 456 g/mol. The van der Waals surface area contributed by atoms with E-state index in [2.05, 4.69) is 15.8 Å². The van der Waals surface area contributed by atoms with Gasteiger partial charge in [-0.2, -0.15) is 5.10 Å². The third-order valence-corrected chi connectivity index (χ3v) is 5.72. The molecule has 34 heavy (non-hydrogen) atoms. The van der Waals surface area contributed by atoms with E-state index < -0.39 is 17.9 Å². The van der Waals surface area contributed by atoms with Crippen molar-refractivity contribution in [3.63, 3.8) is 0 Å². The molecular formula is C25H27ClN4O4. The first-order chi connectivity index (χ1) is 16.2. The molecule has 0 saturated heterocycles. The van der Waals surface area contributed by atoms with E-state index in [1.165, 1.54) is 13.2 Å². The fourth-order valence-corrected chi connectivity index (χ4v) is 3.83. The number of nitrogens with one attached hydrogen (secondary N) is 2. The standard InChI is InChI=1S/C25H27ClN4O4/c1-15(2)23(28-24(32)17-8-7-9-18(26)12-17)25(33)29-27-13-20-16(3)30(14-22(31)34-4)21-11-6-5-10-19(20)21/h5-13,15,23H,14H2,1-4H3,(H,28,32)(H,29,33)/b27-13-. The number of methoxy groups -OCH3 is 1. The van der Waals surface area contributed by atoms with Crippen LogP contribution in [0.4, 0.5) is 0 Å². The van der Waals surface area contributed by atoms with Gasteiger partial charge in [-0.15, -0.1) is 0 Å². The molecule has 9 heteroatoms. The van der Waals surface area contributed by atoms with Crippen molar-refractivity contribution < 1.29 is 19.1 Å². The summed E-state index contributed by atoms with van der Waals surface area (Å²) < 4.78 is 6.65. The summed E-state index contributed by atoms with van der Waals surface area (Å²) in [5.41, 5.74) is 5.31. The van der Waals surface area contributed by atoms with E-state index in [1.54, 1.807) is 24.4 Å². The number of carbonyl (C=O) groups excluding carboxylic acids is 3. The number of aromatic nitrogens is 1. The van der Waals surface area contributed by atoms with Crippen molar-refractivity contribution in [2.75, 3.05) is 7.11 Å². The van der Waals surface area contributed by atoms with E-state index in [4.69, 9.17) is 16.3 Å². The minimum Gasteiger partial charge on any atom is -0.468 e. The SMILES string of the molecule is COC(=O)Cn1c(C)c(/C=N\NC(=O)C(NC(=O)c2cccc(Cl)c2)C(C)C)c2ccccc21. The Balaban J connectivity index is 1.78. The van der Waals surface area contributed by atoms with Crippen molar-refractivity contribution in [1.29, 1.82) is 0 Å². The summed E-state index contributed by atoms with van der Waals surface area (Å²) in [7, 11) is 1.34. The number of ether oxygens (including phenoxy) is 1. The molecule has 0 aliphatic heterocycles. The lowest BCUT2D eigenvalue weighted by Gasteiger charge is -2.20. The Morgan fingerprint density at radius 1 is 1.15 bits per heavy atom. The summed E-state index contributed by atoms with van der Waals surface area (Å²) in [4.78, 5) is 37.3. The van der Waals surface area contributed by atoms with Crippen LogP contribution in [0, 0.1) is 12.8 Å². The van der Waals surface area contributed by atoms with Gasteiger partial charge in [-0.1, -0.05) is 49.7 Å². The Morgan fingerprint density at radius 2 is 1.88 bits per heavy atom. The number of amides is 2. The third-order valence-electron chi connectivity index (χ3n) is 5.49.